The Morgan fingerprint density at radius 1 is 1.32 bits per heavy atom. The van der Waals surface area contributed by atoms with Gasteiger partial charge in [0.1, 0.15) is 23.6 Å². The second-order valence-corrected chi connectivity index (χ2v) is 11.6. The van der Waals surface area contributed by atoms with Gasteiger partial charge in [-0.25, -0.2) is 9.18 Å². The summed E-state index contributed by atoms with van der Waals surface area (Å²) in [4.78, 5) is 29.6. The lowest BCUT2D eigenvalue weighted by Gasteiger charge is -2.35. The molecule has 2 fully saturated rings. The van der Waals surface area contributed by atoms with E-state index in [4.69, 9.17) is 4.74 Å². The van der Waals surface area contributed by atoms with Crippen molar-refractivity contribution < 1.29 is 28.8 Å². The highest BCUT2D eigenvalue weighted by Crippen LogP contribution is 2.34. The molecule has 2 aliphatic heterocycles. The standard InChI is InChI=1S/C27H38BFN4O5/c1-26(2)11-13-33(18-26)27(3,4)15-20(16-30)24(34)32-12-5-6-22(17-32)38-25(35)31-23(28(36)37)14-19-7-9-21(29)10-8-19/h7-10,15,22-23,36-37H,5-6,11-14,17-18H2,1-4H3,(H,31,35). The normalized spacial score (nSPS) is 20.9. The number of carbonyl (C=O) groups excluding carboxylic acids is 2. The molecular formula is C27H38BFN4O5. The number of alkyl carbamates (subject to hydrolysis) is 1. The van der Waals surface area contributed by atoms with Crippen LogP contribution in [0.25, 0.3) is 0 Å². The Balaban J connectivity index is 1.59. The van der Waals surface area contributed by atoms with Gasteiger partial charge < -0.3 is 25.0 Å². The van der Waals surface area contributed by atoms with Gasteiger partial charge in [-0.3, -0.25) is 9.69 Å². The zero-order chi connectivity index (χ0) is 28.1. The number of amides is 2. The zero-order valence-corrected chi connectivity index (χ0v) is 22.6. The topological polar surface area (TPSA) is 126 Å². The van der Waals surface area contributed by atoms with Crippen molar-refractivity contribution in [1.29, 1.82) is 5.26 Å². The van der Waals surface area contributed by atoms with Gasteiger partial charge in [0.25, 0.3) is 5.91 Å². The highest BCUT2D eigenvalue weighted by atomic mass is 19.1. The van der Waals surface area contributed by atoms with Gasteiger partial charge in [0.2, 0.25) is 0 Å². The number of likely N-dealkylation sites (tertiary alicyclic amines) is 2. The maximum atomic E-state index is 13.2. The first-order chi connectivity index (χ1) is 17.8. The van der Waals surface area contributed by atoms with Crippen molar-refractivity contribution >= 4 is 19.1 Å². The summed E-state index contributed by atoms with van der Waals surface area (Å²) in [5.74, 6) is -1.88. The number of halogens is 1. The third-order valence-electron chi connectivity index (χ3n) is 7.31. The summed E-state index contributed by atoms with van der Waals surface area (Å²) in [5, 5.41) is 31.6. The van der Waals surface area contributed by atoms with E-state index in [9.17, 15) is 29.3 Å². The molecule has 2 unspecified atom stereocenters. The molecule has 2 heterocycles. The minimum absolute atomic E-state index is 0.0582. The average molecular weight is 528 g/mol. The molecule has 9 nitrogen and oxygen atoms in total. The molecule has 2 aliphatic rings. The third kappa shape index (κ3) is 8.03. The molecule has 1 aromatic rings. The van der Waals surface area contributed by atoms with Gasteiger partial charge in [-0.1, -0.05) is 26.0 Å². The highest BCUT2D eigenvalue weighted by molar-refractivity contribution is 6.43. The van der Waals surface area contributed by atoms with E-state index in [-0.39, 0.29) is 24.0 Å². The lowest BCUT2D eigenvalue weighted by molar-refractivity contribution is -0.129. The van der Waals surface area contributed by atoms with Crippen molar-refractivity contribution in [3.63, 3.8) is 0 Å². The second-order valence-electron chi connectivity index (χ2n) is 11.6. The fourth-order valence-corrected chi connectivity index (χ4v) is 5.02. The SMILES string of the molecule is CC1(C)CCN(C(C)(C)C=C(C#N)C(=O)N2CCCC(OC(=O)NC(Cc3ccc(F)cc3)B(O)O)C2)C1. The number of benzene rings is 1. The van der Waals surface area contributed by atoms with Gasteiger partial charge in [-0.05, 0) is 75.3 Å². The molecule has 38 heavy (non-hydrogen) atoms. The molecule has 0 saturated carbocycles. The summed E-state index contributed by atoms with van der Waals surface area (Å²) in [7, 11) is -1.86. The predicted molar refractivity (Wildman–Crippen MR) is 141 cm³/mol. The summed E-state index contributed by atoms with van der Waals surface area (Å²) in [5.41, 5.74) is 0.387. The Morgan fingerprint density at radius 2 is 2.00 bits per heavy atom. The second kappa shape index (κ2) is 12.3. The molecule has 3 N–H and O–H groups in total. The van der Waals surface area contributed by atoms with Crippen LogP contribution in [0.15, 0.2) is 35.9 Å². The van der Waals surface area contributed by atoms with Crippen molar-refractivity contribution in [2.24, 2.45) is 5.41 Å². The number of carbonyl (C=O) groups is 2. The first kappa shape index (κ1) is 29.6. The van der Waals surface area contributed by atoms with E-state index in [0.717, 1.165) is 19.5 Å². The lowest BCUT2D eigenvalue weighted by atomic mass is 9.76. The van der Waals surface area contributed by atoms with Gasteiger partial charge in [0.15, 0.2) is 0 Å². The number of ether oxygens (including phenoxy) is 1. The van der Waals surface area contributed by atoms with Crippen molar-refractivity contribution in [3.8, 4) is 6.07 Å². The fraction of sp³-hybridized carbons (Fsp3) is 0.593. The van der Waals surface area contributed by atoms with Gasteiger partial charge in [0, 0.05) is 18.6 Å². The van der Waals surface area contributed by atoms with E-state index < -0.39 is 42.5 Å². The van der Waals surface area contributed by atoms with Crippen LogP contribution >= 0.6 is 0 Å². The van der Waals surface area contributed by atoms with E-state index in [1.807, 2.05) is 13.8 Å². The van der Waals surface area contributed by atoms with Crippen LogP contribution in [-0.2, 0) is 16.0 Å². The molecule has 2 atom stereocenters. The van der Waals surface area contributed by atoms with Crippen LogP contribution in [-0.4, -0.2) is 82.7 Å². The molecule has 2 saturated heterocycles. The van der Waals surface area contributed by atoms with Crippen LogP contribution in [0.5, 0.6) is 0 Å². The first-order valence-electron chi connectivity index (χ1n) is 13.0. The van der Waals surface area contributed by atoms with Crippen LogP contribution in [0.3, 0.4) is 0 Å². The molecule has 2 amide bonds. The molecule has 11 heteroatoms. The highest BCUT2D eigenvalue weighted by Gasteiger charge is 2.38. The van der Waals surface area contributed by atoms with Crippen molar-refractivity contribution in [2.45, 2.75) is 71.0 Å². The van der Waals surface area contributed by atoms with Crippen molar-refractivity contribution in [2.75, 3.05) is 26.2 Å². The Morgan fingerprint density at radius 3 is 2.58 bits per heavy atom. The third-order valence-corrected chi connectivity index (χ3v) is 7.31. The van der Waals surface area contributed by atoms with Crippen molar-refractivity contribution in [1.82, 2.24) is 15.1 Å². The summed E-state index contributed by atoms with van der Waals surface area (Å²) >= 11 is 0. The molecule has 0 aliphatic carbocycles. The molecule has 1 aromatic carbocycles. The first-order valence-corrected chi connectivity index (χ1v) is 13.0. The minimum atomic E-state index is -1.86. The zero-order valence-electron chi connectivity index (χ0n) is 22.6. The van der Waals surface area contributed by atoms with E-state index >= 15 is 0 Å². The Hall–Kier alpha value is -2.94. The predicted octanol–water partition coefficient (Wildman–Crippen LogP) is 2.43. The quantitative estimate of drug-likeness (QED) is 0.269. The number of nitrogens with zero attached hydrogens (tertiary/aromatic N) is 3. The monoisotopic (exact) mass is 528 g/mol. The minimum Gasteiger partial charge on any atom is -0.444 e. The summed E-state index contributed by atoms with van der Waals surface area (Å²) in [6.45, 7) is 10.8. The lowest BCUT2D eigenvalue weighted by Crippen LogP contribution is -2.50. The molecule has 206 valence electrons. The molecule has 0 bridgehead atoms. The number of piperidine rings is 1. The number of hydrogen-bond acceptors (Lipinski definition) is 7. The fourth-order valence-electron chi connectivity index (χ4n) is 5.02. The average Bonchev–Trinajstić information content (AvgIpc) is 3.23. The number of nitriles is 1. The smallest absolute Gasteiger partial charge is 0.444 e. The molecule has 3 rings (SSSR count). The summed E-state index contributed by atoms with van der Waals surface area (Å²) in [6, 6.07) is 7.55. The summed E-state index contributed by atoms with van der Waals surface area (Å²) in [6.07, 6.45) is 2.50. The molecule has 0 aromatic heterocycles. The maximum absolute atomic E-state index is 13.2. The van der Waals surface area contributed by atoms with Crippen LogP contribution in [0.1, 0.15) is 52.5 Å². The molecule has 0 radical (unpaired) electrons. The van der Waals surface area contributed by atoms with Crippen LogP contribution in [0.2, 0.25) is 0 Å². The number of rotatable bonds is 8. The van der Waals surface area contributed by atoms with E-state index in [1.165, 1.54) is 29.2 Å². The van der Waals surface area contributed by atoms with E-state index in [1.54, 1.807) is 6.08 Å². The van der Waals surface area contributed by atoms with Gasteiger partial charge in [0.05, 0.1) is 12.5 Å². The Kier molecular flexibility index (Phi) is 9.57. The van der Waals surface area contributed by atoms with Gasteiger partial charge >= 0.3 is 13.2 Å². The van der Waals surface area contributed by atoms with E-state index in [2.05, 4.69) is 30.1 Å². The maximum Gasteiger partial charge on any atom is 0.475 e. The summed E-state index contributed by atoms with van der Waals surface area (Å²) < 4.78 is 18.6. The van der Waals surface area contributed by atoms with Crippen LogP contribution in [0, 0.1) is 22.6 Å². The molecular weight excluding hydrogens is 490 g/mol. The Labute approximate surface area is 224 Å². The van der Waals surface area contributed by atoms with Gasteiger partial charge in [-0.2, -0.15) is 5.26 Å². The Bertz CT molecular complexity index is 1070. The number of hydrogen-bond donors (Lipinski definition) is 3. The van der Waals surface area contributed by atoms with E-state index in [0.29, 0.717) is 24.9 Å². The molecule has 0 spiro atoms. The number of nitrogens with one attached hydrogen (secondary N) is 1. The van der Waals surface area contributed by atoms with Gasteiger partial charge in [-0.15, -0.1) is 0 Å². The van der Waals surface area contributed by atoms with Crippen LogP contribution < -0.4 is 5.32 Å². The van der Waals surface area contributed by atoms with Crippen molar-refractivity contribution in [3.05, 3.63) is 47.3 Å². The largest absolute Gasteiger partial charge is 0.475 e. The van der Waals surface area contributed by atoms with Crippen LogP contribution in [0.4, 0.5) is 9.18 Å².